The summed E-state index contributed by atoms with van der Waals surface area (Å²) in [5.41, 5.74) is 0.457. The van der Waals surface area contributed by atoms with Gasteiger partial charge in [-0.1, -0.05) is 24.6 Å². The summed E-state index contributed by atoms with van der Waals surface area (Å²) in [5.74, 6) is -1.86. The van der Waals surface area contributed by atoms with Gasteiger partial charge in [0.05, 0.1) is 22.9 Å². The fourth-order valence-corrected chi connectivity index (χ4v) is 3.13. The fraction of sp³-hybridized carbons (Fsp3) is 0.222. The van der Waals surface area contributed by atoms with Crippen molar-refractivity contribution in [1.82, 2.24) is 4.90 Å². The van der Waals surface area contributed by atoms with E-state index in [9.17, 15) is 19.8 Å². The van der Waals surface area contributed by atoms with Gasteiger partial charge >= 0.3 is 0 Å². The number of halogens is 1. The first-order valence-corrected chi connectivity index (χ1v) is 8.14. The van der Waals surface area contributed by atoms with E-state index in [1.165, 1.54) is 29.4 Å². The van der Waals surface area contributed by atoms with Crippen LogP contribution in [0.4, 0.5) is 0 Å². The van der Waals surface area contributed by atoms with Gasteiger partial charge in [-0.25, -0.2) is 0 Å². The molecule has 7 heteroatoms. The van der Waals surface area contributed by atoms with Crippen LogP contribution < -0.4 is 0 Å². The number of aromatic hydroxyl groups is 1. The summed E-state index contributed by atoms with van der Waals surface area (Å²) in [6.45, 7) is 2.23. The van der Waals surface area contributed by atoms with Gasteiger partial charge in [-0.05, 0) is 36.2 Å². The standard InChI is InChI=1S/C18H16ClNO5/c1-2-7-20-15(10-5-6-12(21)11(19)9-10)14(17(23)18(20)24)16(22)13-4-3-8-25-13/h3-6,8-9,15,21,23H,2,7H2,1H3. The Labute approximate surface area is 148 Å². The number of rotatable bonds is 5. The zero-order valence-electron chi connectivity index (χ0n) is 13.4. The molecule has 0 saturated carbocycles. The van der Waals surface area contributed by atoms with E-state index < -0.39 is 23.5 Å². The maximum absolute atomic E-state index is 12.8. The number of aliphatic hydroxyl groups is 1. The van der Waals surface area contributed by atoms with Crippen molar-refractivity contribution in [2.24, 2.45) is 0 Å². The smallest absolute Gasteiger partial charge is 0.290 e. The van der Waals surface area contributed by atoms with Crippen LogP contribution in [-0.2, 0) is 4.79 Å². The number of ketones is 1. The molecule has 1 aromatic heterocycles. The molecule has 1 aliphatic rings. The molecule has 1 unspecified atom stereocenters. The third-order valence-corrected chi connectivity index (χ3v) is 4.35. The molecule has 1 aromatic carbocycles. The molecule has 0 aliphatic carbocycles. The zero-order valence-corrected chi connectivity index (χ0v) is 14.2. The predicted octanol–water partition coefficient (Wildman–Crippen LogP) is 3.63. The molecule has 1 aliphatic heterocycles. The Hall–Kier alpha value is -2.73. The van der Waals surface area contributed by atoms with E-state index in [2.05, 4.69) is 0 Å². The predicted molar refractivity (Wildman–Crippen MR) is 90.6 cm³/mol. The molecule has 25 heavy (non-hydrogen) atoms. The van der Waals surface area contributed by atoms with Gasteiger partial charge < -0.3 is 19.5 Å². The number of hydrogen-bond acceptors (Lipinski definition) is 5. The number of furan rings is 1. The zero-order chi connectivity index (χ0) is 18.1. The van der Waals surface area contributed by atoms with E-state index in [1.54, 1.807) is 12.1 Å². The highest BCUT2D eigenvalue weighted by molar-refractivity contribution is 6.32. The highest BCUT2D eigenvalue weighted by Gasteiger charge is 2.44. The lowest BCUT2D eigenvalue weighted by atomic mass is 9.95. The molecule has 0 saturated heterocycles. The number of carbonyl (C=O) groups excluding carboxylic acids is 2. The lowest BCUT2D eigenvalue weighted by Crippen LogP contribution is -2.31. The summed E-state index contributed by atoms with van der Waals surface area (Å²) in [6.07, 6.45) is 1.99. The molecule has 3 rings (SSSR count). The van der Waals surface area contributed by atoms with E-state index in [4.69, 9.17) is 16.0 Å². The molecular weight excluding hydrogens is 346 g/mol. The molecule has 1 amide bonds. The minimum atomic E-state index is -0.803. The van der Waals surface area contributed by atoms with Crippen LogP contribution in [-0.4, -0.2) is 33.3 Å². The van der Waals surface area contributed by atoms with Crippen molar-refractivity contribution in [2.75, 3.05) is 6.54 Å². The van der Waals surface area contributed by atoms with Gasteiger partial charge in [-0.2, -0.15) is 0 Å². The summed E-state index contributed by atoms with van der Waals surface area (Å²) >= 11 is 5.98. The van der Waals surface area contributed by atoms with Gasteiger partial charge in [0.15, 0.2) is 11.5 Å². The Morgan fingerprint density at radius 1 is 1.32 bits per heavy atom. The van der Waals surface area contributed by atoms with Gasteiger partial charge in [0, 0.05) is 6.54 Å². The van der Waals surface area contributed by atoms with E-state index in [0.717, 1.165) is 0 Å². The van der Waals surface area contributed by atoms with Crippen LogP contribution in [0.25, 0.3) is 0 Å². The second-order valence-corrected chi connectivity index (χ2v) is 6.09. The van der Waals surface area contributed by atoms with Gasteiger partial charge in [0.2, 0.25) is 5.78 Å². The summed E-state index contributed by atoms with van der Waals surface area (Å²) in [7, 11) is 0. The van der Waals surface area contributed by atoms with Crippen molar-refractivity contribution >= 4 is 23.3 Å². The number of phenols is 1. The monoisotopic (exact) mass is 361 g/mol. The molecule has 2 aromatic rings. The molecule has 2 N–H and O–H groups in total. The Morgan fingerprint density at radius 2 is 2.08 bits per heavy atom. The quantitative estimate of drug-likeness (QED) is 0.793. The van der Waals surface area contributed by atoms with Crippen molar-refractivity contribution in [1.29, 1.82) is 0 Å². The van der Waals surface area contributed by atoms with Crippen LogP contribution in [0.5, 0.6) is 5.75 Å². The van der Waals surface area contributed by atoms with Gasteiger partial charge in [0.1, 0.15) is 5.75 Å². The van der Waals surface area contributed by atoms with Crippen LogP contribution in [0, 0.1) is 0 Å². The number of carbonyl (C=O) groups is 2. The topological polar surface area (TPSA) is 91.0 Å². The third-order valence-electron chi connectivity index (χ3n) is 4.05. The lowest BCUT2D eigenvalue weighted by Gasteiger charge is -2.26. The molecule has 0 fully saturated rings. The van der Waals surface area contributed by atoms with Crippen molar-refractivity contribution in [3.63, 3.8) is 0 Å². The van der Waals surface area contributed by atoms with Crippen molar-refractivity contribution in [3.8, 4) is 5.75 Å². The van der Waals surface area contributed by atoms with Crippen molar-refractivity contribution < 1.29 is 24.2 Å². The van der Waals surface area contributed by atoms with Crippen LogP contribution in [0.3, 0.4) is 0 Å². The van der Waals surface area contributed by atoms with Crippen molar-refractivity contribution in [3.05, 3.63) is 64.3 Å². The van der Waals surface area contributed by atoms with Crippen LogP contribution in [0.1, 0.15) is 35.5 Å². The number of aliphatic hydroxyl groups excluding tert-OH is 1. The van der Waals surface area contributed by atoms with Crippen LogP contribution in [0.15, 0.2) is 52.3 Å². The first kappa shape index (κ1) is 17.1. The normalized spacial score (nSPS) is 17.4. The summed E-state index contributed by atoms with van der Waals surface area (Å²) < 4.78 is 5.12. The molecule has 130 valence electrons. The van der Waals surface area contributed by atoms with E-state index >= 15 is 0 Å². The molecule has 0 radical (unpaired) electrons. The van der Waals surface area contributed by atoms with Crippen molar-refractivity contribution in [2.45, 2.75) is 19.4 Å². The number of nitrogens with zero attached hydrogens (tertiary/aromatic N) is 1. The van der Waals surface area contributed by atoms with Gasteiger partial charge in [-0.3, -0.25) is 9.59 Å². The Morgan fingerprint density at radius 3 is 2.68 bits per heavy atom. The molecular formula is C18H16ClNO5. The lowest BCUT2D eigenvalue weighted by molar-refractivity contribution is -0.129. The summed E-state index contributed by atoms with van der Waals surface area (Å²) in [5, 5.41) is 20.0. The Balaban J connectivity index is 2.13. The second-order valence-electron chi connectivity index (χ2n) is 5.68. The maximum atomic E-state index is 12.8. The minimum Gasteiger partial charge on any atom is -0.506 e. The van der Waals surface area contributed by atoms with Crippen LogP contribution in [0.2, 0.25) is 5.02 Å². The summed E-state index contributed by atoms with van der Waals surface area (Å²) in [4.78, 5) is 26.7. The number of hydrogen-bond donors (Lipinski definition) is 2. The summed E-state index contributed by atoms with van der Waals surface area (Å²) in [6, 6.07) is 6.65. The average molecular weight is 362 g/mol. The fourth-order valence-electron chi connectivity index (χ4n) is 2.94. The Kier molecular flexibility index (Phi) is 4.55. The minimum absolute atomic E-state index is 0.0302. The first-order valence-electron chi connectivity index (χ1n) is 7.76. The average Bonchev–Trinajstić information content (AvgIpc) is 3.20. The van der Waals surface area contributed by atoms with E-state index in [1.807, 2.05) is 6.92 Å². The van der Waals surface area contributed by atoms with E-state index in [0.29, 0.717) is 18.5 Å². The molecule has 1 atom stereocenters. The number of amides is 1. The number of benzene rings is 1. The third kappa shape index (κ3) is 2.89. The maximum Gasteiger partial charge on any atom is 0.290 e. The Bertz CT molecular complexity index is 856. The molecule has 2 heterocycles. The largest absolute Gasteiger partial charge is 0.506 e. The van der Waals surface area contributed by atoms with Gasteiger partial charge in [-0.15, -0.1) is 0 Å². The highest BCUT2D eigenvalue weighted by atomic mass is 35.5. The second kappa shape index (κ2) is 6.64. The molecule has 0 spiro atoms. The highest BCUT2D eigenvalue weighted by Crippen LogP contribution is 2.40. The van der Waals surface area contributed by atoms with Gasteiger partial charge in [0.25, 0.3) is 5.91 Å². The first-order chi connectivity index (χ1) is 12.0. The number of Topliss-reactive ketones (excluding diaryl/α,β-unsaturated/α-hetero) is 1. The van der Waals surface area contributed by atoms with E-state index in [-0.39, 0.29) is 22.1 Å². The van der Waals surface area contributed by atoms with Crippen LogP contribution >= 0.6 is 11.6 Å². The SMILES string of the molecule is CCCN1C(=O)C(O)=C(C(=O)c2ccco2)C1c1ccc(O)c(Cl)c1. The number of phenolic OH excluding ortho intramolecular Hbond substituents is 1. The molecule has 0 bridgehead atoms. The molecule has 6 nitrogen and oxygen atoms in total.